The molecule has 1 amide bonds. The highest BCUT2D eigenvalue weighted by molar-refractivity contribution is 5.95. The fraction of sp³-hybridized carbons (Fsp3) is 0.111. The molecule has 9 heteroatoms. The summed E-state index contributed by atoms with van der Waals surface area (Å²) in [4.78, 5) is 13.5. The van der Waals surface area contributed by atoms with Crippen LogP contribution in [0.4, 0.5) is 5.69 Å². The van der Waals surface area contributed by atoms with Gasteiger partial charge in [-0.05, 0) is 77.4 Å². The van der Waals surface area contributed by atoms with E-state index in [1.54, 1.807) is 43.5 Å². The molecule has 0 spiro atoms. The third-order valence-corrected chi connectivity index (χ3v) is 6.99. The molecule has 0 heterocycles. The van der Waals surface area contributed by atoms with Crippen molar-refractivity contribution < 1.29 is 24.2 Å². The first kappa shape index (κ1) is 30.7. The van der Waals surface area contributed by atoms with Crippen molar-refractivity contribution in [1.29, 1.82) is 5.41 Å². The molecule has 0 saturated carbocycles. The summed E-state index contributed by atoms with van der Waals surface area (Å²) in [6.45, 7) is 0.675. The highest BCUT2D eigenvalue weighted by Crippen LogP contribution is 2.33. The van der Waals surface area contributed by atoms with Crippen molar-refractivity contribution in [3.05, 3.63) is 150 Å². The lowest BCUT2D eigenvalue weighted by Gasteiger charge is -2.22. The molecule has 0 saturated heterocycles. The molecule has 0 radical (unpaired) electrons. The number of hydrogen-bond donors (Lipinski definition) is 5. The van der Waals surface area contributed by atoms with Gasteiger partial charge in [-0.1, -0.05) is 66.7 Å². The first-order valence-corrected chi connectivity index (χ1v) is 14.3. The van der Waals surface area contributed by atoms with E-state index in [0.717, 1.165) is 22.6 Å². The summed E-state index contributed by atoms with van der Waals surface area (Å²) in [5.74, 6) is 2.15. The van der Waals surface area contributed by atoms with Crippen molar-refractivity contribution in [3.8, 4) is 23.0 Å². The first-order valence-electron chi connectivity index (χ1n) is 14.3. The zero-order valence-corrected chi connectivity index (χ0v) is 24.7. The molecule has 0 aliphatic carbocycles. The summed E-state index contributed by atoms with van der Waals surface area (Å²) in [6.07, 6.45) is 0. The highest BCUT2D eigenvalue weighted by atomic mass is 16.5. The maximum Gasteiger partial charge on any atom is 0.247 e. The number of hydroxylamine groups is 1. The largest absolute Gasteiger partial charge is 0.493 e. The number of carbonyl (C=O) groups is 1. The molecular weight excluding hydrogens is 568 g/mol. The number of para-hydroxylation sites is 1. The Hall–Kier alpha value is -5.80. The van der Waals surface area contributed by atoms with Crippen molar-refractivity contribution in [3.63, 3.8) is 0 Å². The van der Waals surface area contributed by atoms with Crippen molar-refractivity contribution >= 4 is 17.4 Å². The molecule has 5 rings (SSSR count). The van der Waals surface area contributed by atoms with Crippen molar-refractivity contribution in [2.45, 2.75) is 19.2 Å². The summed E-state index contributed by atoms with van der Waals surface area (Å²) < 4.78 is 17.6. The van der Waals surface area contributed by atoms with E-state index >= 15 is 0 Å². The van der Waals surface area contributed by atoms with E-state index in [1.165, 1.54) is 0 Å². The van der Waals surface area contributed by atoms with E-state index < -0.39 is 6.04 Å². The van der Waals surface area contributed by atoms with E-state index in [2.05, 4.69) is 10.6 Å². The van der Waals surface area contributed by atoms with Crippen LogP contribution in [0.5, 0.6) is 23.0 Å². The van der Waals surface area contributed by atoms with Crippen LogP contribution in [0.2, 0.25) is 0 Å². The van der Waals surface area contributed by atoms with Gasteiger partial charge in [0.2, 0.25) is 5.91 Å². The zero-order valence-electron chi connectivity index (χ0n) is 24.7. The van der Waals surface area contributed by atoms with E-state index in [0.29, 0.717) is 41.5 Å². The number of methoxy groups -OCH3 is 1. The number of rotatable bonds is 13. The Labute approximate surface area is 261 Å². The lowest BCUT2D eigenvalue weighted by molar-refractivity contribution is -0.122. The lowest BCUT2D eigenvalue weighted by Crippen LogP contribution is -2.33. The van der Waals surface area contributed by atoms with Crippen LogP contribution in [-0.4, -0.2) is 24.1 Å². The van der Waals surface area contributed by atoms with E-state index in [1.807, 2.05) is 96.5 Å². The second kappa shape index (κ2) is 15.1. The highest BCUT2D eigenvalue weighted by Gasteiger charge is 2.22. The molecule has 0 aromatic heterocycles. The van der Waals surface area contributed by atoms with Crippen molar-refractivity contribution in [2.24, 2.45) is 0 Å². The molecule has 0 unspecified atom stereocenters. The summed E-state index contributed by atoms with van der Waals surface area (Å²) in [7, 11) is 1.56. The molecule has 45 heavy (non-hydrogen) atoms. The molecule has 0 fully saturated rings. The van der Waals surface area contributed by atoms with Crippen LogP contribution in [0.1, 0.15) is 28.3 Å². The average Bonchev–Trinajstić information content (AvgIpc) is 3.10. The van der Waals surface area contributed by atoms with Gasteiger partial charge in [-0.3, -0.25) is 20.9 Å². The number of amidine groups is 1. The predicted molar refractivity (Wildman–Crippen MR) is 173 cm³/mol. The quantitative estimate of drug-likeness (QED) is 0.0568. The molecular formula is C36H34N4O5. The van der Waals surface area contributed by atoms with E-state index in [4.69, 9.17) is 24.8 Å². The third kappa shape index (κ3) is 8.40. The fourth-order valence-corrected chi connectivity index (χ4v) is 4.57. The fourth-order valence-electron chi connectivity index (χ4n) is 4.57. The summed E-state index contributed by atoms with van der Waals surface area (Å²) in [6, 6.07) is 38.4. The molecule has 0 aliphatic rings. The van der Waals surface area contributed by atoms with Gasteiger partial charge in [0.1, 0.15) is 30.0 Å². The Morgan fingerprint density at radius 1 is 0.778 bits per heavy atom. The smallest absolute Gasteiger partial charge is 0.247 e. The number of benzene rings is 5. The van der Waals surface area contributed by atoms with Crippen LogP contribution in [0.25, 0.3) is 0 Å². The minimum Gasteiger partial charge on any atom is -0.493 e. The lowest BCUT2D eigenvalue weighted by atomic mass is 10.0. The Balaban J connectivity index is 1.30. The Morgan fingerprint density at radius 3 is 2.11 bits per heavy atom. The van der Waals surface area contributed by atoms with E-state index in [9.17, 15) is 4.79 Å². The molecule has 0 bridgehead atoms. The molecule has 5 aromatic carbocycles. The van der Waals surface area contributed by atoms with Gasteiger partial charge in [-0.15, -0.1) is 0 Å². The molecule has 228 valence electrons. The average molecular weight is 603 g/mol. The van der Waals surface area contributed by atoms with Crippen molar-refractivity contribution in [2.75, 3.05) is 12.4 Å². The zero-order chi connectivity index (χ0) is 31.4. The maximum atomic E-state index is 13.5. The molecule has 1 atom stereocenters. The van der Waals surface area contributed by atoms with Crippen LogP contribution in [0, 0.1) is 5.41 Å². The van der Waals surface area contributed by atoms with Gasteiger partial charge >= 0.3 is 0 Å². The standard InChI is InChI=1S/C36H34N4O5/c1-43-33-22-28(16-21-32(33)44-24-26-12-19-31(20-13-26)45-30-10-6-3-7-11-30)34(36(41)38-23-25-8-4-2-5-9-25)39-29-17-14-27(15-18-29)35(37)40-42/h2-22,34,39,42H,23-24H2,1H3,(H2,37,40)(H,38,41)/t34-/m0/s1. The van der Waals surface area contributed by atoms with Gasteiger partial charge in [-0.25, -0.2) is 0 Å². The number of ether oxygens (including phenoxy) is 3. The number of carbonyl (C=O) groups excluding carboxylic acids is 1. The molecule has 0 aliphatic heterocycles. The molecule has 9 nitrogen and oxygen atoms in total. The van der Waals surface area contributed by atoms with Crippen LogP contribution in [0.3, 0.4) is 0 Å². The SMILES string of the molecule is COc1cc([C@H](Nc2ccc(C(=N)NO)cc2)C(=O)NCc2ccccc2)ccc1OCc1ccc(Oc2ccccc2)cc1. The van der Waals surface area contributed by atoms with E-state index in [-0.39, 0.29) is 11.7 Å². The maximum absolute atomic E-state index is 13.5. The van der Waals surface area contributed by atoms with Gasteiger partial charge in [0, 0.05) is 17.8 Å². The van der Waals surface area contributed by atoms with Gasteiger partial charge in [0.15, 0.2) is 11.5 Å². The van der Waals surface area contributed by atoms with Crippen molar-refractivity contribution in [1.82, 2.24) is 10.8 Å². The number of anilines is 1. The van der Waals surface area contributed by atoms with Crippen LogP contribution < -0.4 is 30.3 Å². The Morgan fingerprint density at radius 2 is 1.44 bits per heavy atom. The Kier molecular flexibility index (Phi) is 10.3. The third-order valence-electron chi connectivity index (χ3n) is 6.99. The number of hydrogen-bond acceptors (Lipinski definition) is 7. The summed E-state index contributed by atoms with van der Waals surface area (Å²) >= 11 is 0. The van der Waals surface area contributed by atoms with Gasteiger partial charge in [-0.2, -0.15) is 0 Å². The Bertz CT molecular complexity index is 1700. The number of nitrogens with one attached hydrogen (secondary N) is 4. The van der Waals surface area contributed by atoms with Crippen LogP contribution in [-0.2, 0) is 17.9 Å². The normalized spacial score (nSPS) is 11.2. The van der Waals surface area contributed by atoms with Crippen LogP contribution in [0.15, 0.2) is 127 Å². The summed E-state index contributed by atoms with van der Waals surface area (Å²) in [5, 5.41) is 23.1. The second-order valence-corrected chi connectivity index (χ2v) is 10.1. The first-order chi connectivity index (χ1) is 22.0. The topological polar surface area (TPSA) is 125 Å². The molecule has 5 N–H and O–H groups in total. The number of amides is 1. The minimum absolute atomic E-state index is 0.129. The summed E-state index contributed by atoms with van der Waals surface area (Å²) in [5.41, 5.74) is 5.58. The predicted octanol–water partition coefficient (Wildman–Crippen LogP) is 6.84. The van der Waals surface area contributed by atoms with Crippen LogP contribution >= 0.6 is 0 Å². The van der Waals surface area contributed by atoms with Gasteiger partial charge in [0.25, 0.3) is 0 Å². The second-order valence-electron chi connectivity index (χ2n) is 10.1. The van der Waals surface area contributed by atoms with Gasteiger partial charge < -0.3 is 24.8 Å². The monoisotopic (exact) mass is 602 g/mol. The van der Waals surface area contributed by atoms with Gasteiger partial charge in [0.05, 0.1) is 7.11 Å². The molecule has 5 aromatic rings. The minimum atomic E-state index is -0.768.